The van der Waals surface area contributed by atoms with E-state index in [0.717, 1.165) is 24.3 Å². The number of carbonyl (C=O) groups excluding carboxylic acids is 1. The molecule has 0 aliphatic carbocycles. The summed E-state index contributed by atoms with van der Waals surface area (Å²) in [6, 6.07) is 7.98. The van der Waals surface area contributed by atoms with Gasteiger partial charge in [-0.25, -0.2) is 0 Å². The lowest BCUT2D eigenvalue weighted by Crippen LogP contribution is -2.29. The van der Waals surface area contributed by atoms with Gasteiger partial charge in [0.05, 0.1) is 0 Å². The molecule has 1 aliphatic heterocycles. The van der Waals surface area contributed by atoms with Gasteiger partial charge >= 0.3 is 0 Å². The Morgan fingerprint density at radius 3 is 2.41 bits per heavy atom. The molecule has 0 bridgehead atoms. The van der Waals surface area contributed by atoms with Gasteiger partial charge < -0.3 is 14.7 Å². The van der Waals surface area contributed by atoms with Gasteiger partial charge in [-0.3, -0.25) is 4.79 Å². The maximum Gasteiger partial charge on any atom is 0.278 e. The fourth-order valence-corrected chi connectivity index (χ4v) is 2.73. The Bertz CT molecular complexity index is 655. The Morgan fingerprint density at radius 1 is 1.14 bits per heavy atom. The van der Waals surface area contributed by atoms with Gasteiger partial charge in [-0.15, -0.1) is 0 Å². The molecule has 0 radical (unpaired) electrons. The molecule has 5 heteroatoms. The Kier molecular flexibility index (Phi) is 4.13. The van der Waals surface area contributed by atoms with Gasteiger partial charge in [-0.1, -0.05) is 5.16 Å². The molecule has 0 spiro atoms. The second-order valence-electron chi connectivity index (χ2n) is 5.76. The first-order chi connectivity index (χ1) is 10.6. The minimum absolute atomic E-state index is 0.236. The van der Waals surface area contributed by atoms with Crippen molar-refractivity contribution in [2.45, 2.75) is 33.1 Å². The van der Waals surface area contributed by atoms with E-state index in [1.807, 2.05) is 19.1 Å². The van der Waals surface area contributed by atoms with Crippen LogP contribution in [0.25, 0.3) is 0 Å². The van der Waals surface area contributed by atoms with E-state index in [-0.39, 0.29) is 5.91 Å². The molecule has 1 saturated heterocycles. The highest BCUT2D eigenvalue weighted by Gasteiger charge is 2.17. The minimum Gasteiger partial charge on any atom is -0.372 e. The van der Waals surface area contributed by atoms with Gasteiger partial charge in [-0.05, 0) is 57.4 Å². The van der Waals surface area contributed by atoms with Crippen molar-refractivity contribution in [2.75, 3.05) is 23.3 Å². The third-order valence-electron chi connectivity index (χ3n) is 4.22. The lowest BCUT2D eigenvalue weighted by atomic mass is 10.1. The van der Waals surface area contributed by atoms with Gasteiger partial charge in [-0.2, -0.15) is 0 Å². The van der Waals surface area contributed by atoms with Crippen molar-refractivity contribution in [2.24, 2.45) is 0 Å². The number of nitrogens with one attached hydrogen (secondary N) is 1. The summed E-state index contributed by atoms with van der Waals surface area (Å²) < 4.78 is 5.04. The maximum absolute atomic E-state index is 12.2. The van der Waals surface area contributed by atoms with Crippen LogP contribution >= 0.6 is 0 Å². The van der Waals surface area contributed by atoms with Crippen LogP contribution in [-0.4, -0.2) is 24.2 Å². The molecule has 3 rings (SSSR count). The number of aryl methyl sites for hydroxylation is 1. The van der Waals surface area contributed by atoms with Crippen LogP contribution in [0.3, 0.4) is 0 Å². The first kappa shape index (κ1) is 14.6. The predicted molar refractivity (Wildman–Crippen MR) is 86.4 cm³/mol. The number of carbonyl (C=O) groups is 1. The second kappa shape index (κ2) is 6.22. The average Bonchev–Trinajstić information content (AvgIpc) is 2.88. The third-order valence-corrected chi connectivity index (χ3v) is 4.22. The van der Waals surface area contributed by atoms with E-state index in [1.165, 1.54) is 24.9 Å². The number of rotatable bonds is 3. The molecule has 1 aromatic carbocycles. The maximum atomic E-state index is 12.2. The summed E-state index contributed by atoms with van der Waals surface area (Å²) in [4.78, 5) is 14.6. The van der Waals surface area contributed by atoms with Crippen LogP contribution in [0, 0.1) is 13.8 Å². The summed E-state index contributed by atoms with van der Waals surface area (Å²) in [6.07, 6.45) is 3.83. The highest BCUT2D eigenvalue weighted by molar-refractivity contribution is 6.03. The smallest absolute Gasteiger partial charge is 0.278 e. The van der Waals surface area contributed by atoms with Crippen molar-refractivity contribution in [3.8, 4) is 0 Å². The van der Waals surface area contributed by atoms with E-state index in [9.17, 15) is 4.79 Å². The molecule has 0 saturated carbocycles. The lowest BCUT2D eigenvalue weighted by Gasteiger charge is -2.28. The Balaban J connectivity index is 1.68. The predicted octanol–water partition coefficient (Wildman–Crippen LogP) is 3.53. The number of piperidine rings is 1. The Morgan fingerprint density at radius 2 is 1.82 bits per heavy atom. The molecule has 2 aromatic rings. The zero-order valence-electron chi connectivity index (χ0n) is 13.1. The van der Waals surface area contributed by atoms with Crippen molar-refractivity contribution >= 4 is 17.3 Å². The van der Waals surface area contributed by atoms with Crippen LogP contribution in [0.5, 0.6) is 0 Å². The fourth-order valence-electron chi connectivity index (χ4n) is 2.73. The summed E-state index contributed by atoms with van der Waals surface area (Å²) >= 11 is 0. The van der Waals surface area contributed by atoms with E-state index in [2.05, 4.69) is 27.5 Å². The Hall–Kier alpha value is -2.30. The van der Waals surface area contributed by atoms with Crippen molar-refractivity contribution in [1.29, 1.82) is 0 Å². The lowest BCUT2D eigenvalue weighted by molar-refractivity contribution is 0.101. The van der Waals surface area contributed by atoms with Crippen LogP contribution < -0.4 is 10.2 Å². The van der Waals surface area contributed by atoms with Gasteiger partial charge in [0.1, 0.15) is 5.76 Å². The number of benzene rings is 1. The molecule has 0 atom stereocenters. The molecule has 22 heavy (non-hydrogen) atoms. The summed E-state index contributed by atoms with van der Waals surface area (Å²) in [6.45, 7) is 5.86. The number of aromatic nitrogens is 1. The molecule has 116 valence electrons. The van der Waals surface area contributed by atoms with E-state index in [4.69, 9.17) is 4.52 Å². The molecule has 2 heterocycles. The van der Waals surface area contributed by atoms with E-state index in [0.29, 0.717) is 11.5 Å². The molecule has 0 unspecified atom stereocenters. The standard InChI is InChI=1S/C17H21N3O2/c1-12-13(2)22-19-16(12)17(21)18-14-6-8-15(9-7-14)20-10-4-3-5-11-20/h6-9H,3-5,10-11H2,1-2H3,(H,18,21). The molecular weight excluding hydrogens is 278 g/mol. The number of anilines is 2. The molecule has 5 nitrogen and oxygen atoms in total. The van der Waals surface area contributed by atoms with Crippen LogP contribution in [0.15, 0.2) is 28.8 Å². The Labute approximate surface area is 130 Å². The van der Waals surface area contributed by atoms with Crippen LogP contribution in [0.2, 0.25) is 0 Å². The molecule has 1 aliphatic rings. The van der Waals surface area contributed by atoms with Crippen molar-refractivity contribution in [3.05, 3.63) is 41.3 Å². The second-order valence-corrected chi connectivity index (χ2v) is 5.76. The number of hydrogen-bond acceptors (Lipinski definition) is 4. The molecular formula is C17H21N3O2. The quantitative estimate of drug-likeness (QED) is 0.942. The van der Waals surface area contributed by atoms with Gasteiger partial charge in [0.2, 0.25) is 0 Å². The highest BCUT2D eigenvalue weighted by Crippen LogP contribution is 2.22. The summed E-state index contributed by atoms with van der Waals surface area (Å²) in [7, 11) is 0. The summed E-state index contributed by atoms with van der Waals surface area (Å²) in [5.41, 5.74) is 3.11. The van der Waals surface area contributed by atoms with Crippen molar-refractivity contribution in [3.63, 3.8) is 0 Å². The van der Waals surface area contributed by atoms with Gasteiger partial charge in [0.15, 0.2) is 5.69 Å². The number of amides is 1. The van der Waals surface area contributed by atoms with Crippen LogP contribution in [0.1, 0.15) is 41.1 Å². The van der Waals surface area contributed by atoms with E-state index in [1.54, 1.807) is 6.92 Å². The molecule has 1 fully saturated rings. The zero-order chi connectivity index (χ0) is 15.5. The summed E-state index contributed by atoms with van der Waals surface area (Å²) in [5, 5.41) is 6.67. The van der Waals surface area contributed by atoms with Crippen LogP contribution in [0.4, 0.5) is 11.4 Å². The fraction of sp³-hybridized carbons (Fsp3) is 0.412. The first-order valence-corrected chi connectivity index (χ1v) is 7.74. The SMILES string of the molecule is Cc1onc(C(=O)Nc2ccc(N3CCCCC3)cc2)c1C. The van der Waals surface area contributed by atoms with E-state index >= 15 is 0 Å². The largest absolute Gasteiger partial charge is 0.372 e. The monoisotopic (exact) mass is 299 g/mol. The third kappa shape index (κ3) is 2.98. The first-order valence-electron chi connectivity index (χ1n) is 7.74. The highest BCUT2D eigenvalue weighted by atomic mass is 16.5. The van der Waals surface area contributed by atoms with Gasteiger partial charge in [0.25, 0.3) is 5.91 Å². The molecule has 1 amide bonds. The van der Waals surface area contributed by atoms with Crippen LogP contribution in [-0.2, 0) is 0 Å². The number of hydrogen-bond donors (Lipinski definition) is 1. The normalized spacial score (nSPS) is 14.9. The number of nitrogens with zero attached hydrogens (tertiary/aromatic N) is 2. The summed E-state index contributed by atoms with van der Waals surface area (Å²) in [5.74, 6) is 0.436. The van der Waals surface area contributed by atoms with Crippen molar-refractivity contribution in [1.82, 2.24) is 5.16 Å². The zero-order valence-corrected chi connectivity index (χ0v) is 13.1. The van der Waals surface area contributed by atoms with E-state index < -0.39 is 0 Å². The minimum atomic E-state index is -0.236. The van der Waals surface area contributed by atoms with Gasteiger partial charge in [0, 0.05) is 30.0 Å². The topological polar surface area (TPSA) is 58.4 Å². The average molecular weight is 299 g/mol. The molecule has 1 aromatic heterocycles. The molecule has 1 N–H and O–H groups in total. The van der Waals surface area contributed by atoms with Crippen molar-refractivity contribution < 1.29 is 9.32 Å².